The van der Waals surface area contributed by atoms with Crippen molar-refractivity contribution in [2.45, 2.75) is 32.1 Å². The SMILES string of the molecule is COC(CCC(C)N)OC. The van der Waals surface area contributed by atoms with Gasteiger partial charge in [0.1, 0.15) is 0 Å². The highest BCUT2D eigenvalue weighted by molar-refractivity contribution is 4.54. The Hall–Kier alpha value is -0.120. The Morgan fingerprint density at radius 2 is 1.70 bits per heavy atom. The van der Waals surface area contributed by atoms with Gasteiger partial charge >= 0.3 is 0 Å². The molecule has 0 aromatic heterocycles. The maximum Gasteiger partial charge on any atom is 0.156 e. The Morgan fingerprint density at radius 3 is 2.00 bits per heavy atom. The lowest BCUT2D eigenvalue weighted by Crippen LogP contribution is -2.20. The Labute approximate surface area is 62.5 Å². The molecule has 0 bridgehead atoms. The molecule has 1 atom stereocenters. The van der Waals surface area contributed by atoms with E-state index in [1.807, 2.05) is 6.92 Å². The molecule has 0 amide bonds. The van der Waals surface area contributed by atoms with E-state index in [-0.39, 0.29) is 12.3 Å². The second kappa shape index (κ2) is 5.65. The second-order valence-corrected chi connectivity index (χ2v) is 2.46. The number of hydrogen-bond donors (Lipinski definition) is 1. The second-order valence-electron chi connectivity index (χ2n) is 2.46. The highest BCUT2D eigenvalue weighted by Gasteiger charge is 2.05. The van der Waals surface area contributed by atoms with Crippen LogP contribution < -0.4 is 5.73 Å². The van der Waals surface area contributed by atoms with Crippen molar-refractivity contribution in [1.29, 1.82) is 0 Å². The van der Waals surface area contributed by atoms with Crippen LogP contribution in [0, 0.1) is 0 Å². The van der Waals surface area contributed by atoms with Crippen molar-refractivity contribution in [3.05, 3.63) is 0 Å². The van der Waals surface area contributed by atoms with Gasteiger partial charge in [0, 0.05) is 20.3 Å². The molecule has 0 fully saturated rings. The fourth-order valence-electron chi connectivity index (χ4n) is 0.731. The minimum absolute atomic E-state index is 0.0917. The van der Waals surface area contributed by atoms with Crippen LogP contribution in [0.1, 0.15) is 19.8 Å². The molecule has 62 valence electrons. The summed E-state index contributed by atoms with van der Waals surface area (Å²) in [5.41, 5.74) is 5.54. The van der Waals surface area contributed by atoms with Gasteiger partial charge in [-0.15, -0.1) is 0 Å². The summed E-state index contributed by atoms with van der Waals surface area (Å²) in [7, 11) is 3.27. The Balaban J connectivity index is 3.26. The van der Waals surface area contributed by atoms with Gasteiger partial charge in [-0.2, -0.15) is 0 Å². The van der Waals surface area contributed by atoms with E-state index in [2.05, 4.69) is 0 Å². The topological polar surface area (TPSA) is 44.5 Å². The number of rotatable bonds is 5. The molecule has 0 aliphatic rings. The van der Waals surface area contributed by atoms with Crippen molar-refractivity contribution in [3.8, 4) is 0 Å². The molecule has 0 spiro atoms. The molecule has 0 aliphatic carbocycles. The quantitative estimate of drug-likeness (QED) is 0.583. The molecule has 0 saturated carbocycles. The lowest BCUT2D eigenvalue weighted by Gasteiger charge is -2.13. The molecular formula is C7H17NO2. The molecule has 0 saturated heterocycles. The molecule has 0 aliphatic heterocycles. The third-order valence-corrected chi connectivity index (χ3v) is 1.38. The first-order valence-corrected chi connectivity index (χ1v) is 3.52. The average molecular weight is 147 g/mol. The van der Waals surface area contributed by atoms with E-state index in [4.69, 9.17) is 15.2 Å². The van der Waals surface area contributed by atoms with E-state index in [0.29, 0.717) is 0 Å². The molecule has 3 nitrogen and oxygen atoms in total. The summed E-state index contributed by atoms with van der Waals surface area (Å²) in [6.07, 6.45) is 1.71. The van der Waals surface area contributed by atoms with E-state index in [1.165, 1.54) is 0 Å². The summed E-state index contributed by atoms with van der Waals surface area (Å²) in [5.74, 6) is 0. The first-order valence-electron chi connectivity index (χ1n) is 3.52. The van der Waals surface area contributed by atoms with Crippen molar-refractivity contribution in [1.82, 2.24) is 0 Å². The molecular weight excluding hydrogens is 130 g/mol. The van der Waals surface area contributed by atoms with Crippen molar-refractivity contribution >= 4 is 0 Å². The van der Waals surface area contributed by atoms with E-state index in [0.717, 1.165) is 12.8 Å². The zero-order valence-electron chi connectivity index (χ0n) is 6.96. The summed E-state index contributed by atoms with van der Waals surface area (Å²) >= 11 is 0. The fraction of sp³-hybridized carbons (Fsp3) is 1.00. The number of nitrogens with two attached hydrogens (primary N) is 1. The predicted molar refractivity (Wildman–Crippen MR) is 40.7 cm³/mol. The van der Waals surface area contributed by atoms with E-state index in [1.54, 1.807) is 14.2 Å². The molecule has 0 heterocycles. The fourth-order valence-corrected chi connectivity index (χ4v) is 0.731. The molecule has 10 heavy (non-hydrogen) atoms. The van der Waals surface area contributed by atoms with Gasteiger partial charge < -0.3 is 15.2 Å². The van der Waals surface area contributed by atoms with Crippen molar-refractivity contribution in [2.24, 2.45) is 5.73 Å². The first-order chi connectivity index (χ1) is 4.70. The third-order valence-electron chi connectivity index (χ3n) is 1.38. The van der Waals surface area contributed by atoms with Gasteiger partial charge in [-0.25, -0.2) is 0 Å². The normalized spacial score (nSPS) is 14.1. The number of methoxy groups -OCH3 is 2. The molecule has 0 aromatic rings. The van der Waals surface area contributed by atoms with E-state index >= 15 is 0 Å². The Kier molecular flexibility index (Phi) is 5.58. The van der Waals surface area contributed by atoms with Crippen LogP contribution in [0.25, 0.3) is 0 Å². The lowest BCUT2D eigenvalue weighted by molar-refractivity contribution is -0.107. The number of ether oxygens (including phenoxy) is 2. The van der Waals surface area contributed by atoms with Crippen molar-refractivity contribution in [3.63, 3.8) is 0 Å². The van der Waals surface area contributed by atoms with Gasteiger partial charge in [0.15, 0.2) is 6.29 Å². The van der Waals surface area contributed by atoms with Gasteiger partial charge in [0.25, 0.3) is 0 Å². The first kappa shape index (κ1) is 9.88. The third kappa shape index (κ3) is 4.73. The smallest absolute Gasteiger partial charge is 0.156 e. The largest absolute Gasteiger partial charge is 0.356 e. The molecule has 0 aromatic carbocycles. The van der Waals surface area contributed by atoms with Crippen LogP contribution in [-0.2, 0) is 9.47 Å². The van der Waals surface area contributed by atoms with Crippen LogP contribution in [0.2, 0.25) is 0 Å². The maximum atomic E-state index is 5.54. The lowest BCUT2D eigenvalue weighted by atomic mass is 10.2. The van der Waals surface area contributed by atoms with Crippen molar-refractivity contribution in [2.75, 3.05) is 14.2 Å². The molecule has 2 N–H and O–H groups in total. The van der Waals surface area contributed by atoms with Gasteiger partial charge in [-0.3, -0.25) is 0 Å². The summed E-state index contributed by atoms with van der Waals surface area (Å²) < 4.78 is 9.94. The van der Waals surface area contributed by atoms with Crippen LogP contribution in [0.4, 0.5) is 0 Å². The Morgan fingerprint density at radius 1 is 1.20 bits per heavy atom. The monoisotopic (exact) mass is 147 g/mol. The van der Waals surface area contributed by atoms with Crippen molar-refractivity contribution < 1.29 is 9.47 Å². The van der Waals surface area contributed by atoms with E-state index in [9.17, 15) is 0 Å². The summed E-state index contributed by atoms with van der Waals surface area (Å²) in [5, 5.41) is 0. The molecule has 0 radical (unpaired) electrons. The summed E-state index contributed by atoms with van der Waals surface area (Å²) in [6.45, 7) is 1.97. The Bertz CT molecular complexity index is 72.0. The van der Waals surface area contributed by atoms with Crippen LogP contribution in [-0.4, -0.2) is 26.6 Å². The summed E-state index contributed by atoms with van der Waals surface area (Å²) in [4.78, 5) is 0. The van der Waals surface area contributed by atoms with Gasteiger partial charge in [0.05, 0.1) is 0 Å². The zero-order valence-corrected chi connectivity index (χ0v) is 6.96. The molecule has 1 unspecified atom stereocenters. The van der Waals surface area contributed by atoms with Crippen LogP contribution in [0.3, 0.4) is 0 Å². The standard InChI is InChI=1S/C7H17NO2/c1-6(8)4-5-7(9-2)10-3/h6-7H,4-5,8H2,1-3H3. The van der Waals surface area contributed by atoms with Crippen LogP contribution in [0.15, 0.2) is 0 Å². The summed E-state index contributed by atoms with van der Waals surface area (Å²) in [6, 6.07) is 0.229. The average Bonchev–Trinajstić information content (AvgIpc) is 1.90. The minimum Gasteiger partial charge on any atom is -0.356 e. The highest BCUT2D eigenvalue weighted by Crippen LogP contribution is 2.02. The van der Waals surface area contributed by atoms with Crippen LogP contribution in [0.5, 0.6) is 0 Å². The molecule has 0 rings (SSSR count). The number of hydrogen-bond acceptors (Lipinski definition) is 3. The van der Waals surface area contributed by atoms with Crippen LogP contribution >= 0.6 is 0 Å². The maximum absolute atomic E-state index is 5.54. The highest BCUT2D eigenvalue weighted by atomic mass is 16.7. The van der Waals surface area contributed by atoms with E-state index < -0.39 is 0 Å². The van der Waals surface area contributed by atoms with Gasteiger partial charge in [-0.1, -0.05) is 0 Å². The zero-order chi connectivity index (χ0) is 7.98. The van der Waals surface area contributed by atoms with Gasteiger partial charge in [-0.05, 0) is 19.8 Å². The minimum atomic E-state index is -0.0917. The molecule has 3 heteroatoms. The predicted octanol–water partition coefficient (Wildman–Crippen LogP) is 0.733. The van der Waals surface area contributed by atoms with Gasteiger partial charge in [0.2, 0.25) is 0 Å².